The molecule has 2 unspecified atom stereocenters. The van der Waals surface area contributed by atoms with E-state index in [0.29, 0.717) is 12.1 Å². The Morgan fingerprint density at radius 3 is 3.06 bits per heavy atom. The molecule has 0 amide bonds. The van der Waals surface area contributed by atoms with Crippen LogP contribution in [0.2, 0.25) is 0 Å². The van der Waals surface area contributed by atoms with Crippen LogP contribution < -0.4 is 5.32 Å². The molecular formula is C15H20N2O. The molecule has 1 heterocycles. The van der Waals surface area contributed by atoms with Crippen molar-refractivity contribution in [2.24, 2.45) is 0 Å². The minimum Gasteiger partial charge on any atom is -0.381 e. The number of hydrogen-bond donors (Lipinski definition) is 2. The fourth-order valence-electron chi connectivity index (χ4n) is 2.87. The van der Waals surface area contributed by atoms with Gasteiger partial charge >= 0.3 is 0 Å². The number of benzene rings is 1. The molecule has 1 aliphatic carbocycles. The lowest BCUT2D eigenvalue weighted by Crippen LogP contribution is -2.26. The smallest absolute Gasteiger partial charge is 0.0586 e. The van der Waals surface area contributed by atoms with Crippen LogP contribution in [0.4, 0.5) is 0 Å². The number of para-hydroxylation sites is 1. The van der Waals surface area contributed by atoms with Crippen molar-refractivity contribution < 1.29 is 4.74 Å². The summed E-state index contributed by atoms with van der Waals surface area (Å²) >= 11 is 0. The monoisotopic (exact) mass is 244 g/mol. The highest BCUT2D eigenvalue weighted by molar-refractivity contribution is 5.82. The lowest BCUT2D eigenvalue weighted by Gasteiger charge is -2.12. The van der Waals surface area contributed by atoms with Gasteiger partial charge in [-0.1, -0.05) is 18.2 Å². The molecule has 2 N–H and O–H groups in total. The number of fused-ring (bicyclic) bond motifs is 1. The van der Waals surface area contributed by atoms with Crippen molar-refractivity contribution in [2.75, 3.05) is 7.11 Å². The zero-order valence-electron chi connectivity index (χ0n) is 10.8. The van der Waals surface area contributed by atoms with E-state index in [1.807, 2.05) is 7.11 Å². The first-order valence-electron chi connectivity index (χ1n) is 6.68. The lowest BCUT2D eigenvalue weighted by atomic mass is 10.1. The first-order chi connectivity index (χ1) is 8.86. The summed E-state index contributed by atoms with van der Waals surface area (Å²) in [5, 5.41) is 4.97. The molecule has 2 atom stereocenters. The summed E-state index contributed by atoms with van der Waals surface area (Å²) in [5.41, 5.74) is 2.57. The van der Waals surface area contributed by atoms with Crippen LogP contribution in [0.15, 0.2) is 30.5 Å². The highest BCUT2D eigenvalue weighted by Crippen LogP contribution is 2.23. The topological polar surface area (TPSA) is 37.0 Å². The largest absolute Gasteiger partial charge is 0.381 e. The molecule has 0 spiro atoms. The highest BCUT2D eigenvalue weighted by Gasteiger charge is 2.23. The summed E-state index contributed by atoms with van der Waals surface area (Å²) in [5.74, 6) is 0. The fourth-order valence-corrected chi connectivity index (χ4v) is 2.87. The third-order valence-corrected chi connectivity index (χ3v) is 3.97. The molecule has 18 heavy (non-hydrogen) atoms. The van der Waals surface area contributed by atoms with Crippen molar-refractivity contribution in [3.8, 4) is 0 Å². The van der Waals surface area contributed by atoms with Crippen LogP contribution in [0.1, 0.15) is 24.8 Å². The SMILES string of the molecule is COC1CCC(NCc2c[nH]c3ccccc23)C1. The Balaban J connectivity index is 1.63. The molecule has 0 bridgehead atoms. The molecule has 3 heteroatoms. The zero-order chi connectivity index (χ0) is 12.4. The van der Waals surface area contributed by atoms with Crippen molar-refractivity contribution >= 4 is 10.9 Å². The van der Waals surface area contributed by atoms with Crippen molar-refractivity contribution in [1.29, 1.82) is 0 Å². The van der Waals surface area contributed by atoms with Gasteiger partial charge in [-0.25, -0.2) is 0 Å². The third kappa shape index (κ3) is 2.28. The van der Waals surface area contributed by atoms with E-state index in [4.69, 9.17) is 4.74 Å². The Morgan fingerprint density at radius 1 is 1.33 bits per heavy atom. The van der Waals surface area contributed by atoms with E-state index < -0.39 is 0 Å². The normalized spacial score (nSPS) is 23.8. The maximum atomic E-state index is 5.40. The molecule has 1 aliphatic rings. The van der Waals surface area contributed by atoms with Crippen molar-refractivity contribution in [3.63, 3.8) is 0 Å². The average molecular weight is 244 g/mol. The van der Waals surface area contributed by atoms with E-state index in [1.165, 1.54) is 29.3 Å². The van der Waals surface area contributed by atoms with Crippen molar-refractivity contribution in [1.82, 2.24) is 10.3 Å². The van der Waals surface area contributed by atoms with Crippen LogP contribution >= 0.6 is 0 Å². The van der Waals surface area contributed by atoms with Crippen LogP contribution in [0.5, 0.6) is 0 Å². The quantitative estimate of drug-likeness (QED) is 0.867. The predicted molar refractivity (Wildman–Crippen MR) is 73.6 cm³/mol. The standard InChI is InChI=1S/C15H20N2O/c1-18-13-7-6-12(8-13)16-9-11-10-17-15-5-3-2-4-14(11)15/h2-5,10,12-13,16-17H,6-9H2,1H3. The Labute approximate surface area is 108 Å². The van der Waals surface area contributed by atoms with E-state index in [9.17, 15) is 0 Å². The van der Waals surface area contributed by atoms with E-state index >= 15 is 0 Å². The molecule has 1 saturated carbocycles. The second-order valence-corrected chi connectivity index (χ2v) is 5.11. The van der Waals surface area contributed by atoms with Crippen molar-refractivity contribution in [2.45, 2.75) is 38.0 Å². The fraction of sp³-hybridized carbons (Fsp3) is 0.467. The lowest BCUT2D eigenvalue weighted by molar-refractivity contribution is 0.107. The zero-order valence-corrected chi connectivity index (χ0v) is 10.8. The van der Waals surface area contributed by atoms with E-state index in [1.54, 1.807) is 0 Å². The minimum absolute atomic E-state index is 0.450. The second kappa shape index (κ2) is 5.12. The van der Waals surface area contributed by atoms with Gasteiger partial charge in [-0.05, 0) is 30.9 Å². The first kappa shape index (κ1) is 11.8. The average Bonchev–Trinajstić information content (AvgIpc) is 3.03. The van der Waals surface area contributed by atoms with Crippen LogP contribution in [-0.2, 0) is 11.3 Å². The summed E-state index contributed by atoms with van der Waals surface area (Å²) in [4.78, 5) is 3.32. The molecule has 96 valence electrons. The Bertz CT molecular complexity index is 520. The van der Waals surface area contributed by atoms with Crippen LogP contribution in [0, 0.1) is 0 Å². The molecule has 1 aromatic carbocycles. The van der Waals surface area contributed by atoms with E-state index in [-0.39, 0.29) is 0 Å². The molecule has 0 radical (unpaired) electrons. The summed E-state index contributed by atoms with van der Waals surface area (Å²) in [6, 6.07) is 9.06. The third-order valence-electron chi connectivity index (χ3n) is 3.97. The van der Waals surface area contributed by atoms with Gasteiger partial charge in [-0.3, -0.25) is 0 Å². The van der Waals surface area contributed by atoms with Gasteiger partial charge in [0.05, 0.1) is 6.10 Å². The summed E-state index contributed by atoms with van der Waals surface area (Å²) in [7, 11) is 1.81. The minimum atomic E-state index is 0.450. The summed E-state index contributed by atoms with van der Waals surface area (Å²) in [6.45, 7) is 0.936. The number of aromatic nitrogens is 1. The van der Waals surface area contributed by atoms with Gasteiger partial charge in [0, 0.05) is 36.8 Å². The highest BCUT2D eigenvalue weighted by atomic mass is 16.5. The maximum absolute atomic E-state index is 5.40. The number of nitrogens with one attached hydrogen (secondary N) is 2. The van der Waals surface area contributed by atoms with Crippen LogP contribution in [0.3, 0.4) is 0 Å². The van der Waals surface area contributed by atoms with Gasteiger partial charge < -0.3 is 15.0 Å². The Morgan fingerprint density at radius 2 is 2.22 bits per heavy atom. The first-order valence-corrected chi connectivity index (χ1v) is 6.68. The van der Waals surface area contributed by atoms with E-state index in [0.717, 1.165) is 13.0 Å². The van der Waals surface area contributed by atoms with Crippen molar-refractivity contribution in [3.05, 3.63) is 36.0 Å². The van der Waals surface area contributed by atoms with Gasteiger partial charge in [0.25, 0.3) is 0 Å². The number of rotatable bonds is 4. The molecule has 1 fully saturated rings. The molecule has 1 aromatic heterocycles. The Hall–Kier alpha value is -1.32. The number of aromatic amines is 1. The van der Waals surface area contributed by atoms with Crippen LogP contribution in [0.25, 0.3) is 10.9 Å². The Kier molecular flexibility index (Phi) is 3.35. The molecule has 3 nitrogen and oxygen atoms in total. The number of hydrogen-bond acceptors (Lipinski definition) is 2. The molecule has 0 saturated heterocycles. The molecule has 3 rings (SSSR count). The number of ether oxygens (including phenoxy) is 1. The second-order valence-electron chi connectivity index (χ2n) is 5.11. The van der Waals surface area contributed by atoms with E-state index in [2.05, 4.69) is 40.8 Å². The van der Waals surface area contributed by atoms with Gasteiger partial charge in [0.1, 0.15) is 0 Å². The van der Waals surface area contributed by atoms with Crippen LogP contribution in [-0.4, -0.2) is 24.2 Å². The summed E-state index contributed by atoms with van der Waals surface area (Å²) in [6.07, 6.45) is 6.10. The number of H-pyrrole nitrogens is 1. The van der Waals surface area contributed by atoms with Gasteiger partial charge in [-0.2, -0.15) is 0 Å². The maximum Gasteiger partial charge on any atom is 0.0586 e. The van der Waals surface area contributed by atoms with Gasteiger partial charge in [0.2, 0.25) is 0 Å². The van der Waals surface area contributed by atoms with Gasteiger partial charge in [-0.15, -0.1) is 0 Å². The molecule has 0 aliphatic heterocycles. The summed E-state index contributed by atoms with van der Waals surface area (Å²) < 4.78 is 5.40. The van der Waals surface area contributed by atoms with Gasteiger partial charge in [0.15, 0.2) is 0 Å². The molecular weight excluding hydrogens is 224 g/mol. The predicted octanol–water partition coefficient (Wildman–Crippen LogP) is 2.83. The number of methoxy groups -OCH3 is 1. The molecule has 2 aromatic rings.